The molecule has 2 rings (SSSR count). The van der Waals surface area contributed by atoms with Crippen LogP contribution in [-0.4, -0.2) is 24.2 Å². The third kappa shape index (κ3) is 2.54. The van der Waals surface area contributed by atoms with Gasteiger partial charge in [0.15, 0.2) is 17.3 Å². The van der Waals surface area contributed by atoms with Gasteiger partial charge in [0, 0.05) is 17.8 Å². The van der Waals surface area contributed by atoms with Crippen LogP contribution in [0.4, 0.5) is 5.82 Å². The van der Waals surface area contributed by atoms with Crippen molar-refractivity contribution in [2.24, 2.45) is 5.84 Å². The summed E-state index contributed by atoms with van der Waals surface area (Å²) in [6.07, 6.45) is 1.59. The molecule has 0 bridgehead atoms. The average Bonchev–Trinajstić information content (AvgIpc) is 2.46. The summed E-state index contributed by atoms with van der Waals surface area (Å²) in [7, 11) is 3.07. The smallest absolute Gasteiger partial charge is 0.180 e. The van der Waals surface area contributed by atoms with Gasteiger partial charge in [0.2, 0.25) is 0 Å². The fourth-order valence-electron chi connectivity index (χ4n) is 1.63. The molecule has 0 aliphatic heterocycles. The van der Waals surface area contributed by atoms with Gasteiger partial charge in [-0.2, -0.15) is 0 Å². The Kier molecular flexibility index (Phi) is 4.03. The molecule has 6 nitrogen and oxygen atoms in total. The van der Waals surface area contributed by atoms with E-state index in [2.05, 4.69) is 15.4 Å². The molecule has 1 aromatic heterocycles. The Balaban J connectivity index is 2.56. The number of nitrogen functional groups attached to an aromatic ring is 1. The van der Waals surface area contributed by atoms with Crippen LogP contribution in [0.2, 0.25) is 5.02 Å². The van der Waals surface area contributed by atoms with Crippen LogP contribution >= 0.6 is 11.6 Å². The maximum absolute atomic E-state index is 6.29. The number of aromatic nitrogens is 2. The highest BCUT2D eigenvalue weighted by atomic mass is 35.5. The van der Waals surface area contributed by atoms with Gasteiger partial charge >= 0.3 is 0 Å². The highest BCUT2D eigenvalue weighted by molar-refractivity contribution is 6.35. The summed E-state index contributed by atoms with van der Waals surface area (Å²) in [5.41, 5.74) is 3.09. The largest absolute Gasteiger partial charge is 0.493 e. The first-order valence-electron chi connectivity index (χ1n) is 5.41. The van der Waals surface area contributed by atoms with Crippen molar-refractivity contribution in [2.75, 3.05) is 19.6 Å². The van der Waals surface area contributed by atoms with Gasteiger partial charge in [-0.3, -0.25) is 0 Å². The second-order valence-electron chi connectivity index (χ2n) is 3.57. The number of ether oxygens (including phenoxy) is 2. The molecule has 0 unspecified atom stereocenters. The number of anilines is 1. The second kappa shape index (κ2) is 5.73. The third-order valence-electron chi connectivity index (χ3n) is 2.53. The molecule has 0 saturated carbocycles. The summed E-state index contributed by atoms with van der Waals surface area (Å²) in [6, 6.07) is 5.16. The maximum atomic E-state index is 6.29. The lowest BCUT2D eigenvalue weighted by atomic mass is 10.2. The van der Waals surface area contributed by atoms with Crippen molar-refractivity contribution in [3.05, 3.63) is 29.4 Å². The lowest BCUT2D eigenvalue weighted by Crippen LogP contribution is -2.09. The molecule has 0 spiro atoms. The fourth-order valence-corrected chi connectivity index (χ4v) is 1.95. The van der Waals surface area contributed by atoms with Crippen molar-refractivity contribution in [3.63, 3.8) is 0 Å². The monoisotopic (exact) mass is 280 g/mol. The number of nitrogens with one attached hydrogen (secondary N) is 1. The molecule has 3 N–H and O–H groups in total. The number of benzene rings is 1. The van der Waals surface area contributed by atoms with E-state index >= 15 is 0 Å². The lowest BCUT2D eigenvalue weighted by Gasteiger charge is -2.12. The molecule has 0 aliphatic carbocycles. The molecule has 100 valence electrons. The van der Waals surface area contributed by atoms with Gasteiger partial charge in [-0.1, -0.05) is 11.6 Å². The Morgan fingerprint density at radius 2 is 2.00 bits per heavy atom. The van der Waals surface area contributed by atoms with E-state index in [4.69, 9.17) is 26.9 Å². The van der Waals surface area contributed by atoms with Crippen molar-refractivity contribution in [3.8, 4) is 22.9 Å². The maximum Gasteiger partial charge on any atom is 0.180 e. The molecule has 0 saturated heterocycles. The van der Waals surface area contributed by atoms with E-state index < -0.39 is 0 Å². The zero-order valence-corrected chi connectivity index (χ0v) is 11.2. The summed E-state index contributed by atoms with van der Waals surface area (Å²) in [6.45, 7) is 0. The summed E-state index contributed by atoms with van der Waals surface area (Å²) in [5, 5.41) is 0.385. The van der Waals surface area contributed by atoms with E-state index in [0.29, 0.717) is 33.7 Å². The van der Waals surface area contributed by atoms with Crippen molar-refractivity contribution in [1.82, 2.24) is 9.97 Å². The Morgan fingerprint density at radius 3 is 2.63 bits per heavy atom. The van der Waals surface area contributed by atoms with E-state index in [0.717, 1.165) is 0 Å². The number of nitrogens with zero attached hydrogens (tertiary/aromatic N) is 2. The van der Waals surface area contributed by atoms with Crippen LogP contribution in [0.15, 0.2) is 24.4 Å². The molecule has 7 heteroatoms. The molecule has 2 aromatic rings. The molecule has 0 atom stereocenters. The minimum atomic E-state index is 0.385. The van der Waals surface area contributed by atoms with Gasteiger partial charge in [0.1, 0.15) is 5.82 Å². The van der Waals surface area contributed by atoms with Crippen LogP contribution in [0.25, 0.3) is 11.4 Å². The van der Waals surface area contributed by atoms with Crippen molar-refractivity contribution >= 4 is 17.4 Å². The van der Waals surface area contributed by atoms with E-state index in [-0.39, 0.29) is 0 Å². The first-order valence-corrected chi connectivity index (χ1v) is 5.79. The molecule has 0 radical (unpaired) electrons. The number of nitrogens with two attached hydrogens (primary N) is 1. The van der Waals surface area contributed by atoms with Crippen LogP contribution in [0.1, 0.15) is 0 Å². The van der Waals surface area contributed by atoms with E-state index in [9.17, 15) is 0 Å². The minimum absolute atomic E-state index is 0.385. The summed E-state index contributed by atoms with van der Waals surface area (Å²) in [5.74, 6) is 7.25. The summed E-state index contributed by atoms with van der Waals surface area (Å²) in [4.78, 5) is 8.39. The highest BCUT2D eigenvalue weighted by Crippen LogP contribution is 2.40. The number of rotatable bonds is 4. The zero-order chi connectivity index (χ0) is 13.8. The van der Waals surface area contributed by atoms with Crippen molar-refractivity contribution in [2.45, 2.75) is 0 Å². The zero-order valence-electron chi connectivity index (χ0n) is 10.5. The summed E-state index contributed by atoms with van der Waals surface area (Å²) < 4.78 is 10.4. The first-order chi connectivity index (χ1) is 9.21. The molecule has 0 fully saturated rings. The van der Waals surface area contributed by atoms with Gasteiger partial charge in [-0.15, -0.1) is 0 Å². The summed E-state index contributed by atoms with van der Waals surface area (Å²) >= 11 is 6.29. The van der Waals surface area contributed by atoms with Crippen LogP contribution < -0.4 is 20.7 Å². The number of halogens is 1. The Hall–Kier alpha value is -2.05. The van der Waals surface area contributed by atoms with Gasteiger partial charge in [0.25, 0.3) is 0 Å². The molecule has 0 aliphatic rings. The molecule has 0 amide bonds. The Morgan fingerprint density at radius 1 is 1.21 bits per heavy atom. The minimum Gasteiger partial charge on any atom is -0.493 e. The Bertz CT molecular complexity index is 592. The molecule has 1 aromatic carbocycles. The van der Waals surface area contributed by atoms with Crippen LogP contribution in [-0.2, 0) is 0 Å². The van der Waals surface area contributed by atoms with Gasteiger partial charge in [-0.05, 0) is 12.1 Å². The molecular weight excluding hydrogens is 268 g/mol. The number of hydrogen-bond acceptors (Lipinski definition) is 6. The number of hydrogen-bond donors (Lipinski definition) is 2. The van der Waals surface area contributed by atoms with Crippen LogP contribution in [0, 0.1) is 0 Å². The van der Waals surface area contributed by atoms with Crippen LogP contribution in [0.3, 0.4) is 0 Å². The molecular formula is C12H13ClN4O2. The molecule has 1 heterocycles. The molecule has 19 heavy (non-hydrogen) atoms. The normalized spacial score (nSPS) is 10.1. The van der Waals surface area contributed by atoms with Crippen LogP contribution in [0.5, 0.6) is 11.5 Å². The van der Waals surface area contributed by atoms with E-state index in [1.165, 1.54) is 7.11 Å². The quantitative estimate of drug-likeness (QED) is 0.659. The van der Waals surface area contributed by atoms with E-state index in [1.54, 1.807) is 31.5 Å². The topological polar surface area (TPSA) is 82.3 Å². The predicted octanol–water partition coefficient (Wildman–Crippen LogP) is 2.10. The predicted molar refractivity (Wildman–Crippen MR) is 73.4 cm³/mol. The third-order valence-corrected chi connectivity index (χ3v) is 2.90. The first kappa shape index (κ1) is 13.4. The number of methoxy groups -OCH3 is 2. The van der Waals surface area contributed by atoms with Gasteiger partial charge in [0.05, 0.1) is 19.2 Å². The SMILES string of the molecule is COc1ccc(-c2nccc(NN)n2)c(Cl)c1OC. The van der Waals surface area contributed by atoms with E-state index in [1.807, 2.05) is 0 Å². The number of hydrazine groups is 1. The lowest BCUT2D eigenvalue weighted by molar-refractivity contribution is 0.355. The van der Waals surface area contributed by atoms with Gasteiger partial charge in [-0.25, -0.2) is 15.8 Å². The standard InChI is InChI=1S/C12H13ClN4O2/c1-18-8-4-3-7(10(13)11(8)19-2)12-15-6-5-9(16-12)17-14/h3-6H,14H2,1-2H3,(H,15,16,17). The Labute approximate surface area is 115 Å². The fraction of sp³-hybridized carbons (Fsp3) is 0.167. The van der Waals surface area contributed by atoms with Gasteiger partial charge < -0.3 is 14.9 Å². The second-order valence-corrected chi connectivity index (χ2v) is 3.95. The highest BCUT2D eigenvalue weighted by Gasteiger charge is 2.16. The van der Waals surface area contributed by atoms with Crippen molar-refractivity contribution < 1.29 is 9.47 Å². The average molecular weight is 281 g/mol. The van der Waals surface area contributed by atoms with Crippen molar-refractivity contribution in [1.29, 1.82) is 0 Å².